The van der Waals surface area contributed by atoms with Crippen molar-refractivity contribution >= 4 is 34.7 Å². The van der Waals surface area contributed by atoms with Crippen molar-refractivity contribution in [2.24, 2.45) is 5.73 Å². The van der Waals surface area contributed by atoms with Gasteiger partial charge in [0.1, 0.15) is 34.5 Å². The second-order valence-corrected chi connectivity index (χ2v) is 8.65. The SMILES string of the molecule is CC(=O)Nc1ccc(-c2nc(C(=O)Nc3c([C@@H]4CC[C@@H](N)[C@H](F)CO4)n[nH]c3C)cs2)cn1. The summed E-state index contributed by atoms with van der Waals surface area (Å²) < 4.78 is 19.6. The first-order valence-corrected chi connectivity index (χ1v) is 11.3. The minimum Gasteiger partial charge on any atom is -0.369 e. The number of halogens is 1. The van der Waals surface area contributed by atoms with Crippen LogP contribution >= 0.6 is 11.3 Å². The van der Waals surface area contributed by atoms with Gasteiger partial charge in [0.2, 0.25) is 5.91 Å². The van der Waals surface area contributed by atoms with E-state index in [2.05, 4.69) is 30.8 Å². The highest BCUT2D eigenvalue weighted by atomic mass is 32.1. The zero-order valence-corrected chi connectivity index (χ0v) is 18.9. The number of alkyl halides is 1. The fraction of sp³-hybridized carbons (Fsp3) is 0.381. The fourth-order valence-corrected chi connectivity index (χ4v) is 4.25. The summed E-state index contributed by atoms with van der Waals surface area (Å²) in [5.41, 5.74) is 8.43. The fourth-order valence-electron chi connectivity index (χ4n) is 3.46. The summed E-state index contributed by atoms with van der Waals surface area (Å²) in [5, 5.41) is 14.8. The van der Waals surface area contributed by atoms with Crippen LogP contribution in [-0.2, 0) is 9.53 Å². The molecule has 174 valence electrons. The largest absolute Gasteiger partial charge is 0.369 e. The molecule has 3 aromatic rings. The molecule has 0 aliphatic carbocycles. The lowest BCUT2D eigenvalue weighted by atomic mass is 10.0. The molecule has 1 aliphatic rings. The van der Waals surface area contributed by atoms with E-state index in [0.717, 1.165) is 5.56 Å². The Labute approximate surface area is 193 Å². The number of nitrogens with two attached hydrogens (primary N) is 1. The van der Waals surface area contributed by atoms with Gasteiger partial charge in [0.25, 0.3) is 5.91 Å². The van der Waals surface area contributed by atoms with Gasteiger partial charge < -0.3 is 21.1 Å². The van der Waals surface area contributed by atoms with Gasteiger partial charge in [0.15, 0.2) is 0 Å². The third kappa shape index (κ3) is 5.24. The molecule has 5 N–H and O–H groups in total. The van der Waals surface area contributed by atoms with Gasteiger partial charge >= 0.3 is 0 Å². The molecule has 0 bridgehead atoms. The lowest BCUT2D eigenvalue weighted by Crippen LogP contribution is -2.32. The summed E-state index contributed by atoms with van der Waals surface area (Å²) in [4.78, 5) is 32.6. The third-order valence-electron chi connectivity index (χ3n) is 5.25. The summed E-state index contributed by atoms with van der Waals surface area (Å²) in [6.07, 6.45) is 0.822. The summed E-state index contributed by atoms with van der Waals surface area (Å²) >= 11 is 1.30. The lowest BCUT2D eigenvalue weighted by Gasteiger charge is -2.15. The third-order valence-corrected chi connectivity index (χ3v) is 6.14. The Kier molecular flexibility index (Phi) is 6.77. The number of nitrogens with zero attached hydrogens (tertiary/aromatic N) is 3. The second-order valence-electron chi connectivity index (χ2n) is 7.79. The molecule has 1 saturated heterocycles. The first kappa shape index (κ1) is 23.0. The highest BCUT2D eigenvalue weighted by molar-refractivity contribution is 7.13. The van der Waals surface area contributed by atoms with Crippen molar-refractivity contribution in [2.75, 3.05) is 17.2 Å². The molecule has 4 rings (SSSR count). The number of anilines is 2. The van der Waals surface area contributed by atoms with E-state index >= 15 is 0 Å². The van der Waals surface area contributed by atoms with E-state index in [0.29, 0.717) is 40.7 Å². The van der Waals surface area contributed by atoms with Gasteiger partial charge in [0.05, 0.1) is 18.0 Å². The maximum absolute atomic E-state index is 13.9. The van der Waals surface area contributed by atoms with Crippen molar-refractivity contribution in [3.8, 4) is 10.6 Å². The summed E-state index contributed by atoms with van der Waals surface area (Å²) in [7, 11) is 0. The Hall–Kier alpha value is -3.22. The van der Waals surface area contributed by atoms with Crippen LogP contribution in [0.4, 0.5) is 15.9 Å². The number of nitrogens with one attached hydrogen (secondary N) is 3. The minimum absolute atomic E-state index is 0.116. The topological polar surface area (TPSA) is 148 Å². The zero-order chi connectivity index (χ0) is 23.5. The summed E-state index contributed by atoms with van der Waals surface area (Å²) in [5.74, 6) is -0.178. The predicted molar refractivity (Wildman–Crippen MR) is 122 cm³/mol. The van der Waals surface area contributed by atoms with Crippen molar-refractivity contribution in [3.05, 3.63) is 40.8 Å². The molecule has 0 saturated carbocycles. The smallest absolute Gasteiger partial charge is 0.275 e. The van der Waals surface area contributed by atoms with Crippen LogP contribution < -0.4 is 16.4 Å². The van der Waals surface area contributed by atoms with E-state index in [-0.39, 0.29) is 18.2 Å². The normalized spacial score (nSPS) is 20.8. The number of pyridine rings is 1. The molecule has 12 heteroatoms. The van der Waals surface area contributed by atoms with Crippen LogP contribution in [0.25, 0.3) is 10.6 Å². The zero-order valence-electron chi connectivity index (χ0n) is 18.1. The number of aryl methyl sites for hydroxylation is 1. The molecular formula is C21H24FN7O3S. The number of carbonyl (C=O) groups excluding carboxylic acids is 2. The van der Waals surface area contributed by atoms with E-state index in [1.165, 1.54) is 18.3 Å². The van der Waals surface area contributed by atoms with Gasteiger partial charge in [-0.3, -0.25) is 14.7 Å². The average molecular weight is 474 g/mol. The number of thiazole rings is 1. The van der Waals surface area contributed by atoms with Gasteiger partial charge in [-0.15, -0.1) is 11.3 Å². The molecule has 4 heterocycles. The van der Waals surface area contributed by atoms with Crippen LogP contribution in [0.15, 0.2) is 23.7 Å². The van der Waals surface area contributed by atoms with Crippen molar-refractivity contribution < 1.29 is 18.7 Å². The van der Waals surface area contributed by atoms with Crippen LogP contribution in [0.1, 0.15) is 47.7 Å². The number of aromatic nitrogens is 4. The maximum atomic E-state index is 13.9. The number of amides is 2. The monoisotopic (exact) mass is 473 g/mol. The second kappa shape index (κ2) is 9.73. The van der Waals surface area contributed by atoms with Gasteiger partial charge in [-0.1, -0.05) is 0 Å². The van der Waals surface area contributed by atoms with Crippen molar-refractivity contribution in [3.63, 3.8) is 0 Å². The quantitative estimate of drug-likeness (QED) is 0.445. The molecule has 0 radical (unpaired) electrons. The summed E-state index contributed by atoms with van der Waals surface area (Å²) in [6.45, 7) is 3.07. The highest BCUT2D eigenvalue weighted by Crippen LogP contribution is 2.33. The predicted octanol–water partition coefficient (Wildman–Crippen LogP) is 2.96. The first-order valence-electron chi connectivity index (χ1n) is 10.4. The molecule has 0 unspecified atom stereocenters. The number of hydrogen-bond acceptors (Lipinski definition) is 8. The summed E-state index contributed by atoms with van der Waals surface area (Å²) in [6, 6.07) is 2.85. The van der Waals surface area contributed by atoms with Gasteiger partial charge in [-0.2, -0.15) is 5.10 Å². The van der Waals surface area contributed by atoms with Gasteiger partial charge in [-0.05, 0) is 31.9 Å². The van der Waals surface area contributed by atoms with Crippen LogP contribution in [0.2, 0.25) is 0 Å². The van der Waals surface area contributed by atoms with Crippen LogP contribution in [-0.4, -0.2) is 50.8 Å². The number of hydrogen-bond donors (Lipinski definition) is 4. The number of rotatable bonds is 5. The van der Waals surface area contributed by atoms with E-state index < -0.39 is 24.2 Å². The average Bonchev–Trinajstić information content (AvgIpc) is 3.37. The van der Waals surface area contributed by atoms with E-state index in [1.54, 1.807) is 30.6 Å². The molecule has 1 aliphatic heterocycles. The number of aromatic amines is 1. The molecule has 10 nitrogen and oxygen atoms in total. The Balaban J connectivity index is 1.48. The van der Waals surface area contributed by atoms with E-state index in [9.17, 15) is 14.0 Å². The highest BCUT2D eigenvalue weighted by Gasteiger charge is 2.30. The molecule has 1 fully saturated rings. The Morgan fingerprint density at radius 3 is 2.85 bits per heavy atom. The number of ether oxygens (including phenoxy) is 1. The standard InChI is InChI=1S/C21H24FN7O3S/c1-10-18(19(29-28-10)16-5-4-14(23)13(22)8-32-16)27-20(31)15-9-33-21(26-15)12-3-6-17(24-7-12)25-11(2)30/h3,6-7,9,13-14,16H,4-5,8,23H2,1-2H3,(H,27,31)(H,28,29)(H,24,25,30)/t13-,14-,16+/m1/s1. The molecule has 0 spiro atoms. The van der Waals surface area contributed by atoms with Gasteiger partial charge in [-0.25, -0.2) is 14.4 Å². The minimum atomic E-state index is -1.23. The molecule has 2 amide bonds. The van der Waals surface area contributed by atoms with Gasteiger partial charge in [0, 0.05) is 30.1 Å². The molecule has 0 aromatic carbocycles. The Morgan fingerprint density at radius 1 is 1.30 bits per heavy atom. The number of carbonyl (C=O) groups is 2. The van der Waals surface area contributed by atoms with Crippen molar-refractivity contribution in [1.82, 2.24) is 20.2 Å². The molecule has 33 heavy (non-hydrogen) atoms. The van der Waals surface area contributed by atoms with E-state index in [4.69, 9.17) is 10.5 Å². The molecule has 3 atom stereocenters. The Morgan fingerprint density at radius 2 is 2.12 bits per heavy atom. The van der Waals surface area contributed by atoms with Crippen molar-refractivity contribution in [2.45, 2.75) is 45.0 Å². The molecule has 3 aromatic heterocycles. The first-order chi connectivity index (χ1) is 15.8. The van der Waals surface area contributed by atoms with Crippen molar-refractivity contribution in [1.29, 1.82) is 0 Å². The molecular weight excluding hydrogens is 449 g/mol. The lowest BCUT2D eigenvalue weighted by molar-refractivity contribution is -0.114. The van der Waals surface area contributed by atoms with Crippen LogP contribution in [0.3, 0.4) is 0 Å². The Bertz CT molecular complexity index is 1140. The van der Waals surface area contributed by atoms with Crippen LogP contribution in [0, 0.1) is 6.92 Å². The number of H-pyrrole nitrogens is 1. The maximum Gasteiger partial charge on any atom is 0.275 e. The van der Waals surface area contributed by atoms with E-state index in [1.807, 2.05) is 0 Å². The van der Waals surface area contributed by atoms with Crippen LogP contribution in [0.5, 0.6) is 0 Å².